The van der Waals surface area contributed by atoms with E-state index in [0.29, 0.717) is 24.2 Å². The third-order valence-corrected chi connectivity index (χ3v) is 2.07. The highest BCUT2D eigenvalue weighted by Gasteiger charge is 2.21. The maximum atomic E-state index is 11.3. The van der Waals surface area contributed by atoms with Crippen LogP contribution in [0.3, 0.4) is 0 Å². The SMILES string of the molecule is CCOC(=O)c1cnc(NC2CC2)nc1. The van der Waals surface area contributed by atoms with E-state index in [4.69, 9.17) is 4.74 Å². The quantitative estimate of drug-likeness (QED) is 0.752. The Bertz CT molecular complexity index is 346. The van der Waals surface area contributed by atoms with E-state index >= 15 is 0 Å². The van der Waals surface area contributed by atoms with Crippen molar-refractivity contribution in [2.24, 2.45) is 0 Å². The average molecular weight is 207 g/mol. The van der Waals surface area contributed by atoms with Crippen LogP contribution in [0.25, 0.3) is 0 Å². The fourth-order valence-corrected chi connectivity index (χ4v) is 1.13. The van der Waals surface area contributed by atoms with Gasteiger partial charge >= 0.3 is 5.97 Å². The Hall–Kier alpha value is -1.65. The molecule has 1 aromatic heterocycles. The van der Waals surface area contributed by atoms with Crippen LogP contribution in [0.5, 0.6) is 0 Å². The van der Waals surface area contributed by atoms with Crippen LogP contribution in [-0.4, -0.2) is 28.6 Å². The molecule has 5 nitrogen and oxygen atoms in total. The molecule has 5 heteroatoms. The minimum atomic E-state index is -0.379. The Morgan fingerprint density at radius 3 is 2.73 bits per heavy atom. The van der Waals surface area contributed by atoms with Crippen molar-refractivity contribution in [2.75, 3.05) is 11.9 Å². The van der Waals surface area contributed by atoms with Crippen LogP contribution in [0.15, 0.2) is 12.4 Å². The lowest BCUT2D eigenvalue weighted by Crippen LogP contribution is -2.09. The Labute approximate surface area is 87.9 Å². The number of hydrogen-bond donors (Lipinski definition) is 1. The first-order valence-electron chi connectivity index (χ1n) is 5.05. The van der Waals surface area contributed by atoms with Crippen LogP contribution in [0.2, 0.25) is 0 Å². The zero-order valence-electron chi connectivity index (χ0n) is 8.56. The van der Waals surface area contributed by atoms with E-state index in [9.17, 15) is 4.79 Å². The van der Waals surface area contributed by atoms with E-state index in [-0.39, 0.29) is 5.97 Å². The second-order valence-electron chi connectivity index (χ2n) is 3.43. The van der Waals surface area contributed by atoms with E-state index in [1.807, 2.05) is 0 Å². The summed E-state index contributed by atoms with van der Waals surface area (Å²) in [5.74, 6) is 0.195. The lowest BCUT2D eigenvalue weighted by molar-refractivity contribution is 0.0525. The van der Waals surface area contributed by atoms with E-state index < -0.39 is 0 Å². The molecular formula is C10H13N3O2. The summed E-state index contributed by atoms with van der Waals surface area (Å²) in [6.07, 6.45) is 5.30. The second-order valence-corrected chi connectivity index (χ2v) is 3.43. The molecule has 0 aliphatic heterocycles. The smallest absolute Gasteiger partial charge is 0.341 e. The van der Waals surface area contributed by atoms with Crippen molar-refractivity contribution < 1.29 is 9.53 Å². The number of rotatable bonds is 4. The van der Waals surface area contributed by atoms with Gasteiger partial charge < -0.3 is 10.1 Å². The van der Waals surface area contributed by atoms with Crippen LogP contribution in [0, 0.1) is 0 Å². The summed E-state index contributed by atoms with van der Waals surface area (Å²) in [5, 5.41) is 3.14. The molecule has 15 heavy (non-hydrogen) atoms. The summed E-state index contributed by atoms with van der Waals surface area (Å²) < 4.78 is 4.82. The Balaban J connectivity index is 1.99. The fraction of sp³-hybridized carbons (Fsp3) is 0.500. The molecule has 0 unspecified atom stereocenters. The molecule has 0 spiro atoms. The number of carbonyl (C=O) groups is 1. The van der Waals surface area contributed by atoms with Gasteiger partial charge in [0.1, 0.15) is 0 Å². The zero-order chi connectivity index (χ0) is 10.7. The number of nitrogens with one attached hydrogen (secondary N) is 1. The molecule has 1 aliphatic rings. The Kier molecular flexibility index (Phi) is 2.80. The standard InChI is InChI=1S/C10H13N3O2/c1-2-15-9(14)7-5-11-10(12-6-7)13-8-3-4-8/h5-6,8H,2-4H2,1H3,(H,11,12,13). The second kappa shape index (κ2) is 4.25. The third kappa shape index (κ3) is 2.65. The maximum absolute atomic E-state index is 11.3. The highest BCUT2D eigenvalue weighted by atomic mass is 16.5. The third-order valence-electron chi connectivity index (χ3n) is 2.07. The molecule has 1 N–H and O–H groups in total. The molecule has 80 valence electrons. The Morgan fingerprint density at radius 2 is 2.20 bits per heavy atom. The van der Waals surface area contributed by atoms with Crippen molar-refractivity contribution in [2.45, 2.75) is 25.8 Å². The van der Waals surface area contributed by atoms with Gasteiger partial charge in [0.25, 0.3) is 0 Å². The summed E-state index contributed by atoms with van der Waals surface area (Å²) in [7, 11) is 0. The molecule has 1 aromatic rings. The number of aromatic nitrogens is 2. The van der Waals surface area contributed by atoms with E-state index in [1.165, 1.54) is 25.2 Å². The van der Waals surface area contributed by atoms with Crippen LogP contribution >= 0.6 is 0 Å². The van der Waals surface area contributed by atoms with Crippen LogP contribution in [0.1, 0.15) is 30.1 Å². The molecule has 0 amide bonds. The van der Waals surface area contributed by atoms with E-state index in [1.54, 1.807) is 6.92 Å². The van der Waals surface area contributed by atoms with Gasteiger partial charge in [0.05, 0.1) is 12.2 Å². The first-order valence-corrected chi connectivity index (χ1v) is 5.05. The number of esters is 1. The van der Waals surface area contributed by atoms with Gasteiger partial charge in [-0.3, -0.25) is 0 Å². The van der Waals surface area contributed by atoms with Gasteiger partial charge in [-0.1, -0.05) is 0 Å². The van der Waals surface area contributed by atoms with Crippen molar-refractivity contribution in [3.63, 3.8) is 0 Å². The number of carbonyl (C=O) groups excluding carboxylic acids is 1. The largest absolute Gasteiger partial charge is 0.462 e. The molecule has 0 saturated heterocycles. The predicted octanol–water partition coefficient (Wildman–Crippen LogP) is 1.23. The highest BCUT2D eigenvalue weighted by molar-refractivity contribution is 5.88. The van der Waals surface area contributed by atoms with Crippen molar-refractivity contribution in [1.82, 2.24) is 9.97 Å². The predicted molar refractivity (Wildman–Crippen MR) is 54.6 cm³/mol. The van der Waals surface area contributed by atoms with Crippen LogP contribution in [0.4, 0.5) is 5.95 Å². The monoisotopic (exact) mass is 207 g/mol. The van der Waals surface area contributed by atoms with Crippen molar-refractivity contribution in [3.05, 3.63) is 18.0 Å². The van der Waals surface area contributed by atoms with Gasteiger partial charge in [0.2, 0.25) is 5.95 Å². The van der Waals surface area contributed by atoms with Crippen molar-refractivity contribution in [1.29, 1.82) is 0 Å². The van der Waals surface area contributed by atoms with Crippen molar-refractivity contribution in [3.8, 4) is 0 Å². The zero-order valence-corrected chi connectivity index (χ0v) is 8.56. The highest BCUT2D eigenvalue weighted by Crippen LogP contribution is 2.22. The molecule has 1 saturated carbocycles. The molecule has 0 radical (unpaired) electrons. The first-order chi connectivity index (χ1) is 7.29. The van der Waals surface area contributed by atoms with E-state index in [2.05, 4.69) is 15.3 Å². The number of nitrogens with zero attached hydrogens (tertiary/aromatic N) is 2. The lowest BCUT2D eigenvalue weighted by atomic mass is 10.3. The van der Waals surface area contributed by atoms with Crippen LogP contribution in [-0.2, 0) is 4.74 Å². The molecule has 0 atom stereocenters. The van der Waals surface area contributed by atoms with Gasteiger partial charge in [-0.25, -0.2) is 14.8 Å². The van der Waals surface area contributed by atoms with Gasteiger partial charge in [-0.2, -0.15) is 0 Å². The van der Waals surface area contributed by atoms with Crippen molar-refractivity contribution >= 4 is 11.9 Å². The van der Waals surface area contributed by atoms with Gasteiger partial charge in [0, 0.05) is 18.4 Å². The topological polar surface area (TPSA) is 64.1 Å². The Morgan fingerprint density at radius 1 is 1.53 bits per heavy atom. The molecule has 1 fully saturated rings. The number of ether oxygens (including phenoxy) is 1. The fourth-order valence-electron chi connectivity index (χ4n) is 1.13. The molecule has 2 rings (SSSR count). The molecule has 1 heterocycles. The summed E-state index contributed by atoms with van der Waals surface area (Å²) in [6, 6.07) is 0.512. The molecule has 0 bridgehead atoms. The first kappa shape index (κ1) is 9.89. The van der Waals surface area contributed by atoms with Gasteiger partial charge in [0.15, 0.2) is 0 Å². The summed E-state index contributed by atoms with van der Waals surface area (Å²) >= 11 is 0. The molecular weight excluding hydrogens is 194 g/mol. The minimum absolute atomic E-state index is 0.362. The average Bonchev–Trinajstić information content (AvgIpc) is 3.03. The molecule has 0 aromatic carbocycles. The maximum Gasteiger partial charge on any atom is 0.341 e. The van der Waals surface area contributed by atoms with Gasteiger partial charge in [-0.15, -0.1) is 0 Å². The van der Waals surface area contributed by atoms with Gasteiger partial charge in [-0.05, 0) is 19.8 Å². The lowest BCUT2D eigenvalue weighted by Gasteiger charge is -2.03. The normalized spacial score (nSPS) is 14.7. The summed E-state index contributed by atoms with van der Waals surface area (Å²) in [5.41, 5.74) is 0.387. The number of anilines is 1. The van der Waals surface area contributed by atoms with E-state index in [0.717, 1.165) is 0 Å². The number of hydrogen-bond acceptors (Lipinski definition) is 5. The summed E-state index contributed by atoms with van der Waals surface area (Å²) in [4.78, 5) is 19.3. The van der Waals surface area contributed by atoms with Crippen LogP contribution < -0.4 is 5.32 Å². The summed E-state index contributed by atoms with van der Waals surface area (Å²) in [6.45, 7) is 2.13. The minimum Gasteiger partial charge on any atom is -0.462 e. The molecule has 1 aliphatic carbocycles.